The molecule has 0 aliphatic carbocycles. The molecule has 0 unspecified atom stereocenters. The molecular weight excluding hydrogens is 354 g/mol. The quantitative estimate of drug-likeness (QED) is 0.329. The molecule has 1 rings (SSSR count). The van der Waals surface area contributed by atoms with E-state index in [0.29, 0.717) is 12.0 Å². The molecule has 0 aromatic heterocycles. The number of hydrogen-bond donors (Lipinski definition) is 2. The summed E-state index contributed by atoms with van der Waals surface area (Å²) in [4.78, 5) is 23.4. The summed E-state index contributed by atoms with van der Waals surface area (Å²) < 4.78 is 0. The number of hydrogen-bond acceptors (Lipinski definition) is 2. The number of aliphatic carboxylic acids is 2. The first-order valence-electron chi connectivity index (χ1n) is 8.58. The number of carbonyl (C=O) groups is 2. The number of carboxylic acids is 2. The van der Waals surface area contributed by atoms with Crippen LogP contribution in [0.2, 0.25) is 0 Å². The van der Waals surface area contributed by atoms with E-state index in [1.54, 1.807) is 30.3 Å². The van der Waals surface area contributed by atoms with Crippen molar-refractivity contribution in [2.24, 2.45) is 0 Å². The van der Waals surface area contributed by atoms with E-state index in [-0.39, 0.29) is 87.4 Å². The van der Waals surface area contributed by atoms with Crippen LogP contribution in [0.15, 0.2) is 30.3 Å². The van der Waals surface area contributed by atoms with Gasteiger partial charge in [-0.3, -0.25) is 9.59 Å². The van der Waals surface area contributed by atoms with Gasteiger partial charge in [0.15, 0.2) is 5.41 Å². The number of rotatable bonds is 12. The second kappa shape index (κ2) is 15.8. The molecule has 1 aromatic rings. The fourth-order valence-corrected chi connectivity index (χ4v) is 2.94. The molecule has 0 heterocycles. The van der Waals surface area contributed by atoms with Crippen molar-refractivity contribution >= 4 is 92.9 Å². The van der Waals surface area contributed by atoms with Gasteiger partial charge in [0.2, 0.25) is 0 Å². The minimum absolute atomic E-state index is 0. The molecule has 0 aliphatic rings. The van der Waals surface area contributed by atoms with E-state index in [1.165, 1.54) is 25.7 Å². The molecular formula is C19H30KNaO4. The molecule has 6 heteroatoms. The molecule has 4 nitrogen and oxygen atoms in total. The average Bonchev–Trinajstić information content (AvgIpc) is 2.54. The first kappa shape index (κ1) is 28.0. The maximum atomic E-state index is 11.7. The molecule has 0 atom stereocenters. The molecule has 0 saturated carbocycles. The summed E-state index contributed by atoms with van der Waals surface area (Å²) in [5.41, 5.74) is -1.48. The Hall–Kier alpha value is 0.796. The minimum atomic E-state index is -1.83. The molecule has 0 amide bonds. The predicted octanol–water partition coefficient (Wildman–Crippen LogP) is 3.33. The van der Waals surface area contributed by atoms with E-state index in [2.05, 4.69) is 6.92 Å². The average molecular weight is 385 g/mol. The standard InChI is InChI=1S/C19H28O4.K.Na.2H/c1-2-3-4-5-6-7-8-12-15-19(17(20)21,18(22)23)16-13-10-9-11-14-16;;;;/h9-11,13-14H,2-8,12,15H2,1H3,(H,20,21)(H,22,23);;;;. The Balaban J connectivity index is 0. The Morgan fingerprint density at radius 2 is 1.28 bits per heavy atom. The van der Waals surface area contributed by atoms with Crippen molar-refractivity contribution in [1.82, 2.24) is 0 Å². The predicted molar refractivity (Wildman–Crippen MR) is 105 cm³/mol. The second-order valence-corrected chi connectivity index (χ2v) is 6.11. The van der Waals surface area contributed by atoms with Gasteiger partial charge < -0.3 is 10.2 Å². The van der Waals surface area contributed by atoms with Crippen molar-refractivity contribution in [3.8, 4) is 0 Å². The van der Waals surface area contributed by atoms with Crippen molar-refractivity contribution in [1.29, 1.82) is 0 Å². The second-order valence-electron chi connectivity index (χ2n) is 6.11. The van der Waals surface area contributed by atoms with Crippen LogP contribution in [0.25, 0.3) is 0 Å². The monoisotopic (exact) mass is 384 g/mol. The van der Waals surface area contributed by atoms with Gasteiger partial charge >= 0.3 is 92.9 Å². The maximum absolute atomic E-state index is 11.7. The van der Waals surface area contributed by atoms with Gasteiger partial charge in [0, 0.05) is 0 Å². The molecule has 132 valence electrons. The molecule has 0 aliphatic heterocycles. The third-order valence-corrected chi connectivity index (χ3v) is 4.40. The van der Waals surface area contributed by atoms with E-state index >= 15 is 0 Å². The van der Waals surface area contributed by atoms with Crippen LogP contribution in [0.1, 0.15) is 70.3 Å². The summed E-state index contributed by atoms with van der Waals surface area (Å²) in [5.74, 6) is -2.56. The molecule has 1 aromatic carbocycles. The van der Waals surface area contributed by atoms with Crippen LogP contribution in [0.5, 0.6) is 0 Å². The fraction of sp³-hybridized carbons (Fsp3) is 0.579. The zero-order valence-electron chi connectivity index (χ0n) is 14.0. The van der Waals surface area contributed by atoms with E-state index in [1.807, 2.05) is 0 Å². The van der Waals surface area contributed by atoms with Crippen LogP contribution in [-0.2, 0) is 15.0 Å². The molecule has 0 radical (unpaired) electrons. The summed E-state index contributed by atoms with van der Waals surface area (Å²) in [7, 11) is 0. The zero-order valence-corrected chi connectivity index (χ0v) is 14.0. The molecule has 0 saturated heterocycles. The van der Waals surface area contributed by atoms with Crippen LogP contribution in [-0.4, -0.2) is 103 Å². The van der Waals surface area contributed by atoms with Gasteiger partial charge in [0.05, 0.1) is 0 Å². The summed E-state index contributed by atoms with van der Waals surface area (Å²) in [5, 5.41) is 19.1. The van der Waals surface area contributed by atoms with Crippen molar-refractivity contribution in [3.05, 3.63) is 35.9 Å². The van der Waals surface area contributed by atoms with Crippen molar-refractivity contribution in [3.63, 3.8) is 0 Å². The Morgan fingerprint density at radius 1 is 0.840 bits per heavy atom. The van der Waals surface area contributed by atoms with E-state index < -0.39 is 17.4 Å². The van der Waals surface area contributed by atoms with Gasteiger partial charge in [0.1, 0.15) is 0 Å². The molecule has 0 bridgehead atoms. The Labute approximate surface area is 215 Å². The summed E-state index contributed by atoms with van der Waals surface area (Å²) >= 11 is 0. The van der Waals surface area contributed by atoms with Gasteiger partial charge in [-0.1, -0.05) is 88.6 Å². The van der Waals surface area contributed by atoms with Crippen molar-refractivity contribution in [2.75, 3.05) is 0 Å². The van der Waals surface area contributed by atoms with E-state index in [4.69, 9.17) is 0 Å². The molecule has 0 spiro atoms. The third kappa shape index (κ3) is 9.02. The molecule has 0 fully saturated rings. The van der Waals surface area contributed by atoms with Gasteiger partial charge in [-0.05, 0) is 12.0 Å². The van der Waals surface area contributed by atoms with E-state index in [0.717, 1.165) is 19.3 Å². The summed E-state index contributed by atoms with van der Waals surface area (Å²) in [6.07, 6.45) is 8.72. The number of carboxylic acid groups (broad SMARTS) is 2. The van der Waals surface area contributed by atoms with Crippen LogP contribution < -0.4 is 0 Å². The normalized spacial score (nSPS) is 10.4. The number of unbranched alkanes of at least 4 members (excludes halogenated alkanes) is 7. The summed E-state index contributed by atoms with van der Waals surface area (Å²) in [6.45, 7) is 2.18. The topological polar surface area (TPSA) is 74.6 Å². The van der Waals surface area contributed by atoms with Gasteiger partial charge in [-0.25, -0.2) is 0 Å². The Morgan fingerprint density at radius 3 is 1.72 bits per heavy atom. The SMILES string of the molecule is CCCCCCCCCCC(C(=O)O)(C(=O)O)c1ccccc1.[KH].[NaH]. The van der Waals surface area contributed by atoms with Crippen molar-refractivity contribution < 1.29 is 19.8 Å². The Kier molecular flexibility index (Phi) is 17.7. The van der Waals surface area contributed by atoms with Crippen LogP contribution in [0.3, 0.4) is 0 Å². The van der Waals surface area contributed by atoms with Gasteiger partial charge in [-0.2, -0.15) is 0 Å². The van der Waals surface area contributed by atoms with Crippen LogP contribution >= 0.6 is 0 Å². The van der Waals surface area contributed by atoms with Crippen LogP contribution in [0.4, 0.5) is 0 Å². The zero-order chi connectivity index (χ0) is 17.1. The Bertz CT molecular complexity index is 479. The summed E-state index contributed by atoms with van der Waals surface area (Å²) in [6, 6.07) is 8.31. The third-order valence-electron chi connectivity index (χ3n) is 4.40. The van der Waals surface area contributed by atoms with Crippen LogP contribution in [0, 0.1) is 0 Å². The fourth-order valence-electron chi connectivity index (χ4n) is 2.94. The van der Waals surface area contributed by atoms with Gasteiger partial charge in [-0.15, -0.1) is 0 Å². The molecule has 2 N–H and O–H groups in total. The van der Waals surface area contributed by atoms with E-state index in [9.17, 15) is 19.8 Å². The van der Waals surface area contributed by atoms with Crippen molar-refractivity contribution in [2.45, 2.75) is 70.1 Å². The first-order chi connectivity index (χ1) is 11.1. The van der Waals surface area contributed by atoms with Gasteiger partial charge in [0.25, 0.3) is 0 Å². The number of benzene rings is 1. The first-order valence-corrected chi connectivity index (χ1v) is 8.58. The molecule has 25 heavy (non-hydrogen) atoms.